The molecule has 3 N–H and O–H groups in total. The van der Waals surface area contributed by atoms with Gasteiger partial charge in [-0.2, -0.15) is 0 Å². The molecule has 10 heteroatoms. The van der Waals surface area contributed by atoms with E-state index in [2.05, 4.69) is 14.0 Å². The van der Waals surface area contributed by atoms with Gasteiger partial charge in [-0.25, -0.2) is 4.57 Å². The first-order chi connectivity index (χ1) is 7.82. The first-order valence-electron chi connectivity index (χ1n) is 5.02. The fourth-order valence-electron chi connectivity index (χ4n) is 0.884. The third-order valence-electron chi connectivity index (χ3n) is 1.59. The Morgan fingerprint density at radius 1 is 1.44 bits per heavy atom. The second-order valence-corrected chi connectivity index (χ2v) is 4.47. The van der Waals surface area contributed by atoms with Crippen LogP contribution in [0.25, 0.3) is 0 Å². The molecule has 0 aliphatic rings. The summed E-state index contributed by atoms with van der Waals surface area (Å²) in [6.07, 6.45) is 0. The Hall–Kier alpha value is -0.820. The van der Waals surface area contributed by atoms with Crippen molar-refractivity contribution in [2.45, 2.75) is 13.8 Å². The van der Waals surface area contributed by atoms with Gasteiger partial charge in [0.1, 0.15) is 6.54 Å². The number of guanidine groups is 1. The maximum atomic E-state index is 11.3. The molecule has 0 aliphatic carbocycles. The van der Waals surface area contributed by atoms with E-state index in [1.807, 2.05) is 0 Å². The molecule has 0 bridgehead atoms. The second kappa shape index (κ2) is 9.16. The Morgan fingerprint density at radius 2 is 2.00 bits per heavy atom. The topological polar surface area (TPSA) is 114 Å². The molecule has 108 valence electrons. The van der Waals surface area contributed by atoms with Crippen LogP contribution in [0.1, 0.15) is 13.8 Å². The van der Waals surface area contributed by atoms with E-state index in [0.29, 0.717) is 0 Å². The van der Waals surface area contributed by atoms with Crippen LogP contribution in [0.5, 0.6) is 0 Å². The van der Waals surface area contributed by atoms with E-state index in [1.165, 1.54) is 11.9 Å². The number of esters is 1. The van der Waals surface area contributed by atoms with Gasteiger partial charge in [0.25, 0.3) is 0 Å². The summed E-state index contributed by atoms with van der Waals surface area (Å²) < 4.78 is 23.8. The van der Waals surface area contributed by atoms with E-state index in [9.17, 15) is 14.3 Å². The van der Waals surface area contributed by atoms with E-state index >= 15 is 0 Å². The number of ether oxygens (including phenoxy) is 1. The lowest BCUT2D eigenvalue weighted by Gasteiger charge is -2.17. The van der Waals surface area contributed by atoms with Gasteiger partial charge in [0, 0.05) is 7.05 Å². The number of carbonyl (C=O) groups excluding carboxylic acids is 1. The molecule has 0 amide bonds. The molecule has 8 nitrogen and oxygen atoms in total. The average molecular weight is 304 g/mol. The van der Waals surface area contributed by atoms with Crippen molar-refractivity contribution in [1.82, 2.24) is 4.90 Å². The highest BCUT2D eigenvalue weighted by atomic mass is 35.5. The van der Waals surface area contributed by atoms with Gasteiger partial charge in [-0.05, 0) is 13.8 Å². The molecule has 0 saturated carbocycles. The number of nitrogens with zero attached hydrogens (tertiary/aromatic N) is 2. The Bertz CT molecular complexity index is 339. The van der Waals surface area contributed by atoms with Crippen LogP contribution >= 0.6 is 20.2 Å². The van der Waals surface area contributed by atoms with Crippen LogP contribution in [0.2, 0.25) is 0 Å². The van der Waals surface area contributed by atoms with Crippen molar-refractivity contribution < 1.29 is 23.5 Å². The predicted molar refractivity (Wildman–Crippen MR) is 69.6 cm³/mol. The zero-order valence-corrected chi connectivity index (χ0v) is 12.2. The second-order valence-electron chi connectivity index (χ2n) is 3.03. The molecule has 0 radical (unpaired) electrons. The largest absolute Gasteiger partial charge is 0.465 e. The molecule has 18 heavy (non-hydrogen) atoms. The summed E-state index contributed by atoms with van der Waals surface area (Å²) in [4.78, 5) is 21.5. The third kappa shape index (κ3) is 8.30. The van der Waals surface area contributed by atoms with Gasteiger partial charge in [0.2, 0.25) is 5.96 Å². The van der Waals surface area contributed by atoms with Crippen LogP contribution < -0.4 is 5.73 Å². The summed E-state index contributed by atoms with van der Waals surface area (Å²) in [7, 11) is -2.65. The van der Waals surface area contributed by atoms with Gasteiger partial charge in [-0.3, -0.25) is 9.32 Å². The van der Waals surface area contributed by atoms with Gasteiger partial charge >= 0.3 is 13.7 Å². The molecule has 0 aromatic carbocycles. The quantitative estimate of drug-likeness (QED) is 0.315. The average Bonchev–Trinajstić information content (AvgIpc) is 2.16. The van der Waals surface area contributed by atoms with E-state index in [0.717, 1.165) is 0 Å². The van der Waals surface area contributed by atoms with E-state index in [-0.39, 0.29) is 38.1 Å². The van der Waals surface area contributed by atoms with Crippen molar-refractivity contribution in [1.29, 1.82) is 0 Å². The van der Waals surface area contributed by atoms with Crippen LogP contribution in [-0.4, -0.2) is 48.5 Å². The minimum atomic E-state index is -4.09. The van der Waals surface area contributed by atoms with Gasteiger partial charge in [-0.1, -0.05) is 0 Å². The summed E-state index contributed by atoms with van der Waals surface area (Å²) in [6, 6.07) is 0. The smallest absolute Gasteiger partial charge is 0.454 e. The molecule has 1 atom stereocenters. The third-order valence-corrected chi connectivity index (χ3v) is 2.64. The molecule has 0 rings (SSSR count). The molecule has 0 spiro atoms. The van der Waals surface area contributed by atoms with Gasteiger partial charge in [0.15, 0.2) is 0 Å². The Kier molecular flexibility index (Phi) is 9.93. The monoisotopic (exact) mass is 303 g/mol. The van der Waals surface area contributed by atoms with Gasteiger partial charge < -0.3 is 20.3 Å². The molecular weight excluding hydrogens is 285 g/mol. The van der Waals surface area contributed by atoms with E-state index < -0.39 is 13.7 Å². The first-order valence-corrected chi connectivity index (χ1v) is 6.55. The molecule has 1 unspecified atom stereocenters. The Labute approximate surface area is 112 Å². The highest BCUT2D eigenvalue weighted by molar-refractivity contribution is 7.51. The molecule has 0 aromatic heterocycles. The minimum Gasteiger partial charge on any atom is -0.465 e. The normalized spacial score (nSPS) is 14.3. The number of hydrogen-bond donors (Lipinski definition) is 2. The number of rotatable bonds is 6. The van der Waals surface area contributed by atoms with Crippen LogP contribution in [0.4, 0.5) is 0 Å². The molecular formula is C8H19ClN3O5P. The van der Waals surface area contributed by atoms with Crippen molar-refractivity contribution in [3.8, 4) is 0 Å². The van der Waals surface area contributed by atoms with Crippen LogP contribution in [0.3, 0.4) is 0 Å². The van der Waals surface area contributed by atoms with Crippen molar-refractivity contribution in [2.24, 2.45) is 10.5 Å². The number of nitrogens with two attached hydrogens (primary N) is 1. The lowest BCUT2D eigenvalue weighted by Crippen LogP contribution is -2.38. The first kappa shape index (κ1) is 19.5. The summed E-state index contributed by atoms with van der Waals surface area (Å²) in [5.74, 6) is -0.769. The fourth-order valence-corrected chi connectivity index (χ4v) is 1.69. The van der Waals surface area contributed by atoms with Crippen molar-refractivity contribution in [3.63, 3.8) is 0 Å². The SMILES string of the molecule is CCOC(=O)CN(C)C(N)=NP(=O)(O)OCC.Cl. The number of halogens is 1. The van der Waals surface area contributed by atoms with Gasteiger partial charge in [0.05, 0.1) is 13.2 Å². The van der Waals surface area contributed by atoms with Gasteiger partial charge in [-0.15, -0.1) is 17.2 Å². The fraction of sp³-hybridized carbons (Fsp3) is 0.750. The molecule has 0 aromatic rings. The number of hydrogen-bond acceptors (Lipinski definition) is 4. The standard InChI is InChI=1S/C8H18N3O5P.ClH/c1-4-15-7(12)6-11(3)8(9)10-17(13,14)16-5-2;/h4-6H2,1-3H3,(H3,9,10,13,14);1H. The highest BCUT2D eigenvalue weighted by Gasteiger charge is 2.19. The summed E-state index contributed by atoms with van der Waals surface area (Å²) in [5, 5.41) is 0. The zero-order chi connectivity index (χ0) is 13.5. The van der Waals surface area contributed by atoms with Crippen LogP contribution in [0, 0.1) is 0 Å². The minimum absolute atomic E-state index is 0. The summed E-state index contributed by atoms with van der Waals surface area (Å²) in [6.45, 7) is 3.35. The molecule has 0 saturated heterocycles. The predicted octanol–water partition coefficient (Wildman–Crippen LogP) is 0.355. The molecule has 0 fully saturated rings. The zero-order valence-electron chi connectivity index (χ0n) is 10.5. The number of carbonyl (C=O) groups is 1. The van der Waals surface area contributed by atoms with Crippen LogP contribution in [-0.2, 0) is 18.6 Å². The Morgan fingerprint density at radius 3 is 2.44 bits per heavy atom. The summed E-state index contributed by atoms with van der Waals surface area (Å²) >= 11 is 0. The number of likely N-dealkylation sites (N-methyl/N-ethyl adjacent to an activating group) is 1. The van der Waals surface area contributed by atoms with Crippen molar-refractivity contribution in [2.75, 3.05) is 26.8 Å². The van der Waals surface area contributed by atoms with E-state index in [4.69, 9.17) is 5.73 Å². The van der Waals surface area contributed by atoms with E-state index in [1.54, 1.807) is 13.8 Å². The van der Waals surface area contributed by atoms with Crippen LogP contribution in [0.15, 0.2) is 4.76 Å². The lowest BCUT2D eigenvalue weighted by molar-refractivity contribution is -0.143. The highest BCUT2D eigenvalue weighted by Crippen LogP contribution is 2.43. The summed E-state index contributed by atoms with van der Waals surface area (Å²) in [5.41, 5.74) is 5.43. The maximum Gasteiger partial charge on any atom is 0.454 e. The maximum absolute atomic E-state index is 11.3. The van der Waals surface area contributed by atoms with Crippen molar-refractivity contribution >= 4 is 32.1 Å². The Balaban J connectivity index is 0. The molecule has 0 heterocycles. The van der Waals surface area contributed by atoms with Crippen molar-refractivity contribution in [3.05, 3.63) is 0 Å². The molecule has 0 aliphatic heterocycles. The lowest BCUT2D eigenvalue weighted by atomic mass is 10.6.